The number of hydrazone groups is 1. The molecular formula is C2H5N3O3. The van der Waals surface area contributed by atoms with Gasteiger partial charge in [0, 0.05) is 6.92 Å². The molecule has 0 aromatic heterocycles. The standard InChI is InChI=1S/C2H5N3O3/c1-2(4-6)3-5(7)8/h6H,1H3,(H,3,4). The molecule has 0 aromatic rings. The van der Waals surface area contributed by atoms with Gasteiger partial charge in [-0.25, -0.2) is 10.1 Å². The molecule has 0 fully saturated rings. The number of amidine groups is 1. The highest BCUT2D eigenvalue weighted by Gasteiger charge is 1.91. The minimum Gasteiger partial charge on any atom is -0.290 e. The summed E-state index contributed by atoms with van der Waals surface area (Å²) in [5, 5.41) is 19.1. The van der Waals surface area contributed by atoms with Crippen LogP contribution in [0.5, 0.6) is 0 Å². The van der Waals surface area contributed by atoms with Crippen LogP contribution in [0.1, 0.15) is 6.92 Å². The Labute approximate surface area is 44.9 Å². The molecule has 0 aliphatic heterocycles. The predicted molar refractivity (Wildman–Crippen MR) is 25.0 cm³/mol. The first-order valence-corrected chi connectivity index (χ1v) is 1.76. The monoisotopic (exact) mass is 119 g/mol. The molecule has 2 N–H and O–H groups in total. The molecule has 0 aliphatic rings. The summed E-state index contributed by atoms with van der Waals surface area (Å²) in [6.07, 6.45) is 0. The smallest absolute Gasteiger partial charge is 0.196 e. The van der Waals surface area contributed by atoms with E-state index in [-0.39, 0.29) is 5.84 Å². The lowest BCUT2D eigenvalue weighted by Crippen LogP contribution is -2.15. The number of nitrogens with zero attached hydrogens (tertiary/aromatic N) is 2. The average Bonchev–Trinajstić information content (AvgIpc) is 1.65. The van der Waals surface area contributed by atoms with Gasteiger partial charge in [-0.15, -0.1) is 0 Å². The number of hydrogen-bond acceptors (Lipinski definition) is 3. The molecule has 0 aliphatic carbocycles. The molecule has 0 spiro atoms. The van der Waals surface area contributed by atoms with E-state index in [2.05, 4.69) is 5.10 Å². The summed E-state index contributed by atoms with van der Waals surface area (Å²) >= 11 is 0. The largest absolute Gasteiger partial charge is 0.290 e. The Kier molecular flexibility index (Phi) is 2.49. The molecule has 0 amide bonds. The molecule has 46 valence electrons. The van der Waals surface area contributed by atoms with E-state index in [4.69, 9.17) is 5.21 Å². The summed E-state index contributed by atoms with van der Waals surface area (Å²) in [6, 6.07) is 0. The molecule has 6 nitrogen and oxygen atoms in total. The van der Waals surface area contributed by atoms with Crippen LogP contribution < -0.4 is 5.48 Å². The zero-order chi connectivity index (χ0) is 6.57. The lowest BCUT2D eigenvalue weighted by Gasteiger charge is -1.85. The van der Waals surface area contributed by atoms with E-state index < -0.39 is 5.03 Å². The van der Waals surface area contributed by atoms with Crippen molar-refractivity contribution in [3.63, 3.8) is 0 Å². The van der Waals surface area contributed by atoms with E-state index in [1.807, 2.05) is 0 Å². The number of hydroxylamine groups is 1. The highest BCUT2D eigenvalue weighted by Crippen LogP contribution is 1.70. The van der Waals surface area contributed by atoms with Crippen LogP contribution in [-0.2, 0) is 0 Å². The second-order valence-corrected chi connectivity index (χ2v) is 1.04. The van der Waals surface area contributed by atoms with Crippen LogP contribution >= 0.6 is 0 Å². The van der Waals surface area contributed by atoms with Crippen LogP contribution in [-0.4, -0.2) is 16.1 Å². The third-order valence-electron chi connectivity index (χ3n) is 0.393. The quantitative estimate of drug-likeness (QED) is 0.212. The molecular weight excluding hydrogens is 114 g/mol. The van der Waals surface area contributed by atoms with Gasteiger partial charge in [0.05, 0.1) is 5.10 Å². The van der Waals surface area contributed by atoms with Crippen LogP contribution in [0.25, 0.3) is 0 Å². The van der Waals surface area contributed by atoms with Gasteiger partial charge in [-0.3, -0.25) is 10.7 Å². The summed E-state index contributed by atoms with van der Waals surface area (Å²) in [7, 11) is 0. The third kappa shape index (κ3) is 3.04. The fraction of sp³-hybridized carbons (Fsp3) is 0.500. The van der Waals surface area contributed by atoms with Crippen molar-refractivity contribution in [2.45, 2.75) is 6.92 Å². The van der Waals surface area contributed by atoms with Crippen LogP contribution in [0.4, 0.5) is 0 Å². The van der Waals surface area contributed by atoms with E-state index in [1.165, 1.54) is 12.4 Å². The predicted octanol–water partition coefficient (Wildman–Crippen LogP) is -0.425. The van der Waals surface area contributed by atoms with Crippen molar-refractivity contribution in [2.24, 2.45) is 5.10 Å². The maximum absolute atomic E-state index is 9.44. The summed E-state index contributed by atoms with van der Waals surface area (Å²) in [5.74, 6) is -0.144. The lowest BCUT2D eigenvalue weighted by atomic mass is 10.7. The lowest BCUT2D eigenvalue weighted by molar-refractivity contribution is -0.485. The minimum atomic E-state index is -0.904. The van der Waals surface area contributed by atoms with Crippen molar-refractivity contribution in [1.82, 2.24) is 5.48 Å². The Hall–Kier alpha value is -1.17. The Bertz CT molecular complexity index is 120. The van der Waals surface area contributed by atoms with Gasteiger partial charge in [-0.2, -0.15) is 0 Å². The maximum atomic E-state index is 9.44. The zero-order valence-corrected chi connectivity index (χ0v) is 4.16. The second kappa shape index (κ2) is 2.92. The molecule has 0 aromatic carbocycles. The van der Waals surface area contributed by atoms with Crippen LogP contribution in [0.3, 0.4) is 0 Å². The van der Waals surface area contributed by atoms with Gasteiger partial charge in [0.15, 0.2) is 10.9 Å². The first kappa shape index (κ1) is 6.83. The van der Waals surface area contributed by atoms with E-state index in [1.54, 1.807) is 0 Å². The van der Waals surface area contributed by atoms with Gasteiger partial charge < -0.3 is 0 Å². The Morgan fingerprint density at radius 3 is 2.62 bits per heavy atom. The van der Waals surface area contributed by atoms with Crippen molar-refractivity contribution in [3.8, 4) is 0 Å². The number of nitro groups is 1. The summed E-state index contributed by atoms with van der Waals surface area (Å²) in [4.78, 5) is 9.44. The molecule has 0 atom stereocenters. The molecule has 0 radical (unpaired) electrons. The highest BCUT2D eigenvalue weighted by atomic mass is 16.7. The van der Waals surface area contributed by atoms with Gasteiger partial charge in [0.25, 0.3) is 0 Å². The minimum absolute atomic E-state index is 0.144. The molecule has 8 heavy (non-hydrogen) atoms. The first-order valence-electron chi connectivity index (χ1n) is 1.76. The van der Waals surface area contributed by atoms with E-state index >= 15 is 0 Å². The Morgan fingerprint density at radius 2 is 2.50 bits per heavy atom. The molecule has 0 unspecified atom stereocenters. The normalized spacial score (nSPS) is 11.0. The Balaban J connectivity index is 3.75. The molecule has 0 saturated heterocycles. The van der Waals surface area contributed by atoms with Gasteiger partial charge >= 0.3 is 0 Å². The third-order valence-corrected chi connectivity index (χ3v) is 0.393. The summed E-state index contributed by atoms with van der Waals surface area (Å²) in [6.45, 7) is 1.27. The van der Waals surface area contributed by atoms with Crippen molar-refractivity contribution >= 4 is 5.84 Å². The molecule has 0 heterocycles. The summed E-state index contributed by atoms with van der Waals surface area (Å²) < 4.78 is 0. The molecule has 0 bridgehead atoms. The van der Waals surface area contributed by atoms with Crippen molar-refractivity contribution in [1.29, 1.82) is 0 Å². The molecule has 0 saturated carbocycles. The fourth-order valence-electron chi connectivity index (χ4n) is 0.145. The topological polar surface area (TPSA) is 87.8 Å². The van der Waals surface area contributed by atoms with Crippen LogP contribution in [0.15, 0.2) is 5.10 Å². The molecule has 6 heteroatoms. The zero-order valence-electron chi connectivity index (χ0n) is 4.16. The molecule has 0 rings (SSSR count). The van der Waals surface area contributed by atoms with E-state index in [9.17, 15) is 10.1 Å². The van der Waals surface area contributed by atoms with Gasteiger partial charge in [-0.05, 0) is 0 Å². The highest BCUT2D eigenvalue weighted by molar-refractivity contribution is 5.77. The van der Waals surface area contributed by atoms with Crippen LogP contribution in [0, 0.1) is 10.1 Å². The van der Waals surface area contributed by atoms with Crippen molar-refractivity contribution in [3.05, 3.63) is 10.1 Å². The van der Waals surface area contributed by atoms with Gasteiger partial charge in [0.1, 0.15) is 0 Å². The van der Waals surface area contributed by atoms with Crippen molar-refractivity contribution < 1.29 is 10.2 Å². The average molecular weight is 119 g/mol. The second-order valence-electron chi connectivity index (χ2n) is 1.04. The fourth-order valence-corrected chi connectivity index (χ4v) is 0.145. The maximum Gasteiger partial charge on any atom is 0.196 e. The SMILES string of the molecule is C/C(=N\[N+](=O)[O-])NO. The summed E-state index contributed by atoms with van der Waals surface area (Å²) in [5.41, 5.74) is 1.50. The Morgan fingerprint density at radius 1 is 2.00 bits per heavy atom. The van der Waals surface area contributed by atoms with E-state index in [0.717, 1.165) is 0 Å². The first-order chi connectivity index (χ1) is 3.66. The van der Waals surface area contributed by atoms with Gasteiger partial charge in [0.2, 0.25) is 0 Å². The number of nitrogens with one attached hydrogen (secondary N) is 1. The van der Waals surface area contributed by atoms with Gasteiger partial charge in [-0.1, -0.05) is 0 Å². The number of rotatable bonds is 1. The van der Waals surface area contributed by atoms with Crippen LogP contribution in [0.2, 0.25) is 0 Å². The van der Waals surface area contributed by atoms with Crippen molar-refractivity contribution in [2.75, 3.05) is 0 Å². The number of hydrogen-bond donors (Lipinski definition) is 2. The van der Waals surface area contributed by atoms with E-state index in [0.29, 0.717) is 0 Å².